The van der Waals surface area contributed by atoms with E-state index in [9.17, 15) is 19.4 Å². The molecule has 3 unspecified atom stereocenters. The van der Waals surface area contributed by atoms with Gasteiger partial charge in [0.2, 0.25) is 0 Å². The fourth-order valence-corrected chi connectivity index (χ4v) is 6.97. The maximum absolute atomic E-state index is 12.7. The number of hydrogen-bond acceptors (Lipinski definition) is 8. The molecule has 0 aromatic heterocycles. The summed E-state index contributed by atoms with van der Waals surface area (Å²) in [5, 5.41) is 18.4. The quantitative estimate of drug-likeness (QED) is 0.0237. The second-order valence-electron chi connectivity index (χ2n) is 15.7. The number of esters is 1. The van der Waals surface area contributed by atoms with Crippen LogP contribution in [0.1, 0.15) is 187 Å². The van der Waals surface area contributed by atoms with E-state index in [2.05, 4.69) is 98.9 Å². The fraction of sp³-hybridized carbons (Fsp3) is 0.706. The first-order valence-corrected chi connectivity index (χ1v) is 25.6. The summed E-state index contributed by atoms with van der Waals surface area (Å²) in [6.07, 6.45) is 58.2. The normalized spacial score (nSPS) is 14.6. The highest BCUT2D eigenvalue weighted by molar-refractivity contribution is 7.47. The van der Waals surface area contributed by atoms with Crippen molar-refractivity contribution in [3.05, 3.63) is 85.1 Å². The van der Waals surface area contributed by atoms with E-state index >= 15 is 0 Å². The number of phosphoric acid groups is 1. The molecular weight excluding hydrogens is 788 g/mol. The van der Waals surface area contributed by atoms with Crippen LogP contribution in [0.4, 0.5) is 0 Å². The van der Waals surface area contributed by atoms with E-state index in [1.165, 1.54) is 64.2 Å². The van der Waals surface area contributed by atoms with Crippen LogP contribution in [-0.4, -0.2) is 66.3 Å². The van der Waals surface area contributed by atoms with Crippen molar-refractivity contribution < 1.29 is 43.0 Å². The van der Waals surface area contributed by atoms with Gasteiger partial charge in [0.25, 0.3) is 0 Å². The zero-order valence-electron chi connectivity index (χ0n) is 38.6. The smallest absolute Gasteiger partial charge is 0.457 e. The van der Waals surface area contributed by atoms with Gasteiger partial charge in [-0.25, -0.2) is 4.57 Å². The van der Waals surface area contributed by atoms with E-state index in [0.29, 0.717) is 13.0 Å². The zero-order chi connectivity index (χ0) is 44.6. The summed E-state index contributed by atoms with van der Waals surface area (Å²) in [4.78, 5) is 22.7. The minimum atomic E-state index is -4.53. The number of phosphoric ester groups is 1. The Morgan fingerprint density at radius 1 is 0.525 bits per heavy atom. The molecule has 0 heterocycles. The van der Waals surface area contributed by atoms with Crippen LogP contribution >= 0.6 is 7.82 Å². The SMILES string of the molecule is CC/C=C\C/C=C\C/C=C\C/C=C\C/C=C\CCCCCCCC(=O)OC(COCCCCCCCCCC/C=C\C/C=C\CCCCCC)COP(=O)(O)OCC(O)CO. The van der Waals surface area contributed by atoms with Gasteiger partial charge in [0.15, 0.2) is 0 Å². The average Bonchev–Trinajstić information content (AvgIpc) is 3.25. The highest BCUT2D eigenvalue weighted by Crippen LogP contribution is 2.43. The van der Waals surface area contributed by atoms with Crippen LogP contribution in [0.3, 0.4) is 0 Å². The lowest BCUT2D eigenvalue weighted by molar-refractivity contribution is -0.154. The average molecular weight is 877 g/mol. The Hall–Kier alpha value is -2.36. The molecule has 0 rings (SSSR count). The monoisotopic (exact) mass is 877 g/mol. The molecule has 0 bridgehead atoms. The van der Waals surface area contributed by atoms with Crippen molar-refractivity contribution in [2.45, 2.75) is 199 Å². The topological polar surface area (TPSA) is 132 Å². The molecule has 3 atom stereocenters. The summed E-state index contributed by atoms with van der Waals surface area (Å²) >= 11 is 0. The van der Waals surface area contributed by atoms with E-state index in [4.69, 9.17) is 23.6 Å². The number of carbonyl (C=O) groups is 1. The molecule has 0 saturated heterocycles. The van der Waals surface area contributed by atoms with Crippen LogP contribution in [0.15, 0.2) is 85.1 Å². The summed E-state index contributed by atoms with van der Waals surface area (Å²) in [5.41, 5.74) is 0. The highest BCUT2D eigenvalue weighted by Gasteiger charge is 2.26. The van der Waals surface area contributed by atoms with Crippen LogP contribution in [0, 0.1) is 0 Å². The molecule has 0 amide bonds. The van der Waals surface area contributed by atoms with E-state index in [1.54, 1.807) is 0 Å². The van der Waals surface area contributed by atoms with Crippen LogP contribution in [-0.2, 0) is 27.9 Å². The second-order valence-corrected chi connectivity index (χ2v) is 17.2. The molecule has 0 spiro atoms. The number of aliphatic hydroxyl groups is 2. The Balaban J connectivity index is 4.20. The van der Waals surface area contributed by atoms with Crippen molar-refractivity contribution in [2.75, 3.05) is 33.0 Å². The predicted molar refractivity (Wildman–Crippen MR) is 256 cm³/mol. The maximum atomic E-state index is 12.7. The van der Waals surface area contributed by atoms with Gasteiger partial charge in [-0.3, -0.25) is 13.8 Å². The predicted octanol–water partition coefficient (Wildman–Crippen LogP) is 13.9. The van der Waals surface area contributed by atoms with Crippen molar-refractivity contribution in [1.29, 1.82) is 0 Å². The number of allylic oxidation sites excluding steroid dienone is 14. The number of ether oxygens (including phenoxy) is 2. The Kier molecular flexibility index (Phi) is 45.3. The number of hydrogen-bond donors (Lipinski definition) is 3. The lowest BCUT2D eigenvalue weighted by Crippen LogP contribution is -2.29. The van der Waals surface area contributed by atoms with Crippen molar-refractivity contribution in [3.63, 3.8) is 0 Å². The van der Waals surface area contributed by atoms with E-state index in [-0.39, 0.29) is 13.0 Å². The first kappa shape index (κ1) is 58.6. The van der Waals surface area contributed by atoms with E-state index in [1.807, 2.05) is 0 Å². The molecule has 352 valence electrons. The summed E-state index contributed by atoms with van der Waals surface area (Å²) < 4.78 is 33.5. The van der Waals surface area contributed by atoms with Crippen molar-refractivity contribution >= 4 is 13.8 Å². The summed E-state index contributed by atoms with van der Waals surface area (Å²) in [7, 11) is -4.53. The number of aliphatic hydroxyl groups excluding tert-OH is 2. The molecule has 0 aliphatic heterocycles. The minimum Gasteiger partial charge on any atom is -0.457 e. The molecule has 0 aromatic carbocycles. The van der Waals surface area contributed by atoms with E-state index in [0.717, 1.165) is 96.3 Å². The Morgan fingerprint density at radius 2 is 0.934 bits per heavy atom. The van der Waals surface area contributed by atoms with Gasteiger partial charge < -0.3 is 24.6 Å². The standard InChI is InChI=1S/C51H89O9P/c1-3-5-7-9-11-13-15-17-19-21-23-24-25-27-29-31-33-35-37-39-41-43-51(54)60-50(48-59-61(55,56)58-46-49(53)45-52)47-57-44-42-40-38-36-34-32-30-28-26-22-20-18-16-14-12-10-8-6-4-2/h5,7,11,13-14,16-17,19-20,22-24,27,29,49-50,52-53H,3-4,6,8-10,12,15,18,21,25-26,28,30-48H2,1-2H3,(H,55,56)/b7-5-,13-11-,16-14-,19-17-,22-20-,24-23-,29-27-. The third-order valence-corrected chi connectivity index (χ3v) is 10.8. The van der Waals surface area contributed by atoms with Gasteiger partial charge >= 0.3 is 13.8 Å². The van der Waals surface area contributed by atoms with Gasteiger partial charge in [-0.05, 0) is 89.9 Å². The summed E-state index contributed by atoms with van der Waals surface area (Å²) in [6, 6.07) is 0. The lowest BCUT2D eigenvalue weighted by Gasteiger charge is -2.20. The molecule has 0 radical (unpaired) electrons. The molecule has 0 fully saturated rings. The van der Waals surface area contributed by atoms with Gasteiger partial charge in [0.05, 0.1) is 26.4 Å². The van der Waals surface area contributed by atoms with Gasteiger partial charge in [0.1, 0.15) is 12.2 Å². The Labute approximate surface area is 373 Å². The summed E-state index contributed by atoms with van der Waals surface area (Å²) in [6.45, 7) is 3.34. The van der Waals surface area contributed by atoms with Gasteiger partial charge in [0, 0.05) is 13.0 Å². The van der Waals surface area contributed by atoms with Gasteiger partial charge in [-0.15, -0.1) is 0 Å². The largest absolute Gasteiger partial charge is 0.472 e. The first-order valence-electron chi connectivity index (χ1n) is 24.1. The second kappa shape index (κ2) is 47.1. The molecule has 0 aliphatic carbocycles. The Bertz CT molecular complexity index is 1220. The minimum absolute atomic E-state index is 0.0323. The van der Waals surface area contributed by atoms with Crippen molar-refractivity contribution in [2.24, 2.45) is 0 Å². The van der Waals surface area contributed by atoms with Crippen LogP contribution in [0.5, 0.6) is 0 Å². The van der Waals surface area contributed by atoms with Crippen molar-refractivity contribution in [1.82, 2.24) is 0 Å². The molecular formula is C51H89O9P. The number of rotatable bonds is 45. The maximum Gasteiger partial charge on any atom is 0.472 e. The van der Waals surface area contributed by atoms with Crippen LogP contribution < -0.4 is 0 Å². The molecule has 0 aromatic rings. The highest BCUT2D eigenvalue weighted by atomic mass is 31.2. The van der Waals surface area contributed by atoms with E-state index < -0.39 is 45.8 Å². The Morgan fingerprint density at radius 3 is 1.41 bits per heavy atom. The lowest BCUT2D eigenvalue weighted by atomic mass is 10.1. The molecule has 3 N–H and O–H groups in total. The van der Waals surface area contributed by atoms with Crippen LogP contribution in [0.2, 0.25) is 0 Å². The van der Waals surface area contributed by atoms with Gasteiger partial charge in [-0.2, -0.15) is 0 Å². The number of carbonyl (C=O) groups excluding carboxylic acids is 1. The third kappa shape index (κ3) is 47.0. The number of unbranched alkanes of at least 4 members (excludes halogenated alkanes) is 17. The molecule has 61 heavy (non-hydrogen) atoms. The van der Waals surface area contributed by atoms with Gasteiger partial charge in [-0.1, -0.05) is 176 Å². The fourth-order valence-electron chi connectivity index (χ4n) is 6.18. The zero-order valence-corrected chi connectivity index (χ0v) is 39.5. The molecule has 10 heteroatoms. The van der Waals surface area contributed by atoms with Crippen LogP contribution in [0.25, 0.3) is 0 Å². The molecule has 0 aliphatic rings. The molecule has 9 nitrogen and oxygen atoms in total. The first-order chi connectivity index (χ1) is 29.8. The summed E-state index contributed by atoms with van der Waals surface area (Å²) in [5.74, 6) is -0.406. The van der Waals surface area contributed by atoms with Crippen molar-refractivity contribution in [3.8, 4) is 0 Å². The third-order valence-electron chi connectivity index (χ3n) is 9.81. The molecule has 0 saturated carbocycles.